The number of aryl methyl sites for hydroxylation is 2. The van der Waals surface area contributed by atoms with Crippen molar-refractivity contribution >= 4 is 11.6 Å². The highest BCUT2D eigenvalue weighted by molar-refractivity contribution is 6.30. The molecule has 1 aliphatic heterocycles. The molecule has 2 atom stereocenters. The quantitative estimate of drug-likeness (QED) is 0.928. The van der Waals surface area contributed by atoms with Crippen molar-refractivity contribution in [3.8, 4) is 0 Å². The van der Waals surface area contributed by atoms with Crippen LogP contribution in [-0.4, -0.2) is 39.9 Å². The van der Waals surface area contributed by atoms with Crippen LogP contribution < -0.4 is 5.32 Å². The van der Waals surface area contributed by atoms with Crippen molar-refractivity contribution in [2.45, 2.75) is 59.2 Å². The van der Waals surface area contributed by atoms with Crippen molar-refractivity contribution < 1.29 is 0 Å². The van der Waals surface area contributed by atoms with E-state index < -0.39 is 0 Å². The Morgan fingerprint density at radius 3 is 2.71 bits per heavy atom. The first-order valence-electron chi connectivity index (χ1n) is 8.03. The van der Waals surface area contributed by atoms with Crippen molar-refractivity contribution in [1.29, 1.82) is 0 Å². The maximum Gasteiger partial charge on any atom is 0.131 e. The minimum Gasteiger partial charge on any atom is -0.313 e. The SMILES string of the molecule is Cc1nn(C)c(Cl)c1CN1CC(CC(C)C)NCCC1C. The van der Waals surface area contributed by atoms with Gasteiger partial charge in [0, 0.05) is 37.8 Å². The lowest BCUT2D eigenvalue weighted by molar-refractivity contribution is 0.189. The largest absolute Gasteiger partial charge is 0.313 e. The standard InChI is InChI=1S/C16H29ClN4/c1-11(2)8-14-9-21(12(3)6-7-18-14)10-15-13(4)19-20(5)16(15)17/h11-12,14,18H,6-10H2,1-5H3. The predicted octanol–water partition coefficient (Wildman–Crippen LogP) is 2.98. The van der Waals surface area contributed by atoms with Gasteiger partial charge in [0.05, 0.1) is 5.69 Å². The van der Waals surface area contributed by atoms with E-state index in [-0.39, 0.29) is 0 Å². The molecule has 120 valence electrons. The summed E-state index contributed by atoms with van der Waals surface area (Å²) in [5.74, 6) is 0.724. The third-order valence-corrected chi connectivity index (χ3v) is 4.93. The molecule has 5 heteroatoms. The highest BCUT2D eigenvalue weighted by atomic mass is 35.5. The van der Waals surface area contributed by atoms with Gasteiger partial charge in [-0.15, -0.1) is 0 Å². The summed E-state index contributed by atoms with van der Waals surface area (Å²) in [7, 11) is 1.91. The molecule has 2 heterocycles. The van der Waals surface area contributed by atoms with Crippen molar-refractivity contribution in [3.05, 3.63) is 16.4 Å². The van der Waals surface area contributed by atoms with Crippen LogP contribution in [0.1, 0.15) is 44.9 Å². The van der Waals surface area contributed by atoms with Gasteiger partial charge >= 0.3 is 0 Å². The Hall–Kier alpha value is -0.580. The molecule has 1 aromatic rings. The summed E-state index contributed by atoms with van der Waals surface area (Å²) < 4.78 is 1.78. The maximum atomic E-state index is 6.40. The molecule has 0 radical (unpaired) electrons. The summed E-state index contributed by atoms with van der Waals surface area (Å²) in [4.78, 5) is 2.56. The molecule has 0 aromatic carbocycles. The average Bonchev–Trinajstić information content (AvgIpc) is 2.55. The van der Waals surface area contributed by atoms with Crippen LogP contribution in [0.2, 0.25) is 5.15 Å². The first-order valence-corrected chi connectivity index (χ1v) is 8.41. The van der Waals surface area contributed by atoms with E-state index in [0.29, 0.717) is 12.1 Å². The molecule has 0 bridgehead atoms. The van der Waals surface area contributed by atoms with Gasteiger partial charge in [-0.1, -0.05) is 25.4 Å². The smallest absolute Gasteiger partial charge is 0.131 e. The van der Waals surface area contributed by atoms with Gasteiger partial charge in [0.2, 0.25) is 0 Å². The van der Waals surface area contributed by atoms with E-state index in [4.69, 9.17) is 11.6 Å². The van der Waals surface area contributed by atoms with Crippen LogP contribution in [0, 0.1) is 12.8 Å². The minimum absolute atomic E-state index is 0.574. The third-order valence-electron chi connectivity index (χ3n) is 4.46. The monoisotopic (exact) mass is 312 g/mol. The summed E-state index contributed by atoms with van der Waals surface area (Å²) in [5, 5.41) is 8.91. The van der Waals surface area contributed by atoms with Crippen LogP contribution >= 0.6 is 11.6 Å². The van der Waals surface area contributed by atoms with Crippen LogP contribution in [-0.2, 0) is 13.6 Å². The normalized spacial score (nSPS) is 24.5. The predicted molar refractivity (Wildman–Crippen MR) is 88.7 cm³/mol. The lowest BCUT2D eigenvalue weighted by Crippen LogP contribution is -2.40. The second kappa shape index (κ2) is 7.12. The average molecular weight is 313 g/mol. The highest BCUT2D eigenvalue weighted by Crippen LogP contribution is 2.23. The number of nitrogens with one attached hydrogen (secondary N) is 1. The number of hydrogen-bond acceptors (Lipinski definition) is 3. The van der Waals surface area contributed by atoms with E-state index in [1.54, 1.807) is 4.68 Å². The molecule has 1 N–H and O–H groups in total. The Kier molecular flexibility index (Phi) is 5.69. The zero-order chi connectivity index (χ0) is 15.6. The number of halogens is 1. The van der Waals surface area contributed by atoms with Crippen LogP contribution in [0.4, 0.5) is 0 Å². The van der Waals surface area contributed by atoms with Crippen LogP contribution in [0.15, 0.2) is 0 Å². The van der Waals surface area contributed by atoms with Gasteiger partial charge in [0.1, 0.15) is 5.15 Å². The molecule has 2 unspecified atom stereocenters. The first kappa shape index (κ1) is 16.8. The van der Waals surface area contributed by atoms with Crippen LogP contribution in [0.3, 0.4) is 0 Å². The van der Waals surface area contributed by atoms with Crippen molar-refractivity contribution in [2.24, 2.45) is 13.0 Å². The fourth-order valence-electron chi connectivity index (χ4n) is 3.21. The molecule has 1 fully saturated rings. The Balaban J connectivity index is 2.11. The van der Waals surface area contributed by atoms with Crippen LogP contribution in [0.25, 0.3) is 0 Å². The van der Waals surface area contributed by atoms with E-state index in [1.165, 1.54) is 18.4 Å². The number of rotatable bonds is 4. The van der Waals surface area contributed by atoms with Crippen molar-refractivity contribution in [2.75, 3.05) is 13.1 Å². The van der Waals surface area contributed by atoms with E-state index >= 15 is 0 Å². The van der Waals surface area contributed by atoms with Gasteiger partial charge in [0.25, 0.3) is 0 Å². The molecule has 1 saturated heterocycles. The van der Waals surface area contributed by atoms with Gasteiger partial charge in [-0.2, -0.15) is 5.10 Å². The minimum atomic E-state index is 0.574. The molecular formula is C16H29ClN4. The third kappa shape index (κ3) is 4.21. The summed E-state index contributed by atoms with van der Waals surface area (Å²) in [6, 6.07) is 1.15. The lowest BCUT2D eigenvalue weighted by Gasteiger charge is -2.29. The zero-order valence-electron chi connectivity index (χ0n) is 14.0. The molecule has 2 rings (SSSR count). The van der Waals surface area contributed by atoms with Gasteiger partial charge in [-0.05, 0) is 39.2 Å². The molecule has 1 aromatic heterocycles. The Morgan fingerprint density at radius 1 is 1.43 bits per heavy atom. The number of nitrogens with zero attached hydrogens (tertiary/aromatic N) is 3. The van der Waals surface area contributed by atoms with Crippen molar-refractivity contribution in [1.82, 2.24) is 20.0 Å². The molecular weight excluding hydrogens is 284 g/mol. The number of hydrogen-bond donors (Lipinski definition) is 1. The Bertz CT molecular complexity index is 469. The van der Waals surface area contributed by atoms with Gasteiger partial charge in [-0.25, -0.2) is 0 Å². The van der Waals surface area contributed by atoms with Gasteiger partial charge < -0.3 is 5.32 Å². The van der Waals surface area contributed by atoms with Crippen LogP contribution in [0.5, 0.6) is 0 Å². The highest BCUT2D eigenvalue weighted by Gasteiger charge is 2.25. The molecule has 21 heavy (non-hydrogen) atoms. The summed E-state index contributed by atoms with van der Waals surface area (Å²) >= 11 is 6.40. The molecule has 0 saturated carbocycles. The maximum absolute atomic E-state index is 6.40. The van der Waals surface area contributed by atoms with Crippen molar-refractivity contribution in [3.63, 3.8) is 0 Å². The summed E-state index contributed by atoms with van der Waals surface area (Å²) in [6.07, 6.45) is 2.41. The fourth-order valence-corrected chi connectivity index (χ4v) is 3.44. The second-order valence-electron chi connectivity index (χ2n) is 6.83. The van der Waals surface area contributed by atoms with Gasteiger partial charge in [-0.3, -0.25) is 9.58 Å². The summed E-state index contributed by atoms with van der Waals surface area (Å²) in [6.45, 7) is 12.0. The van der Waals surface area contributed by atoms with E-state index in [2.05, 4.69) is 36.1 Å². The van der Waals surface area contributed by atoms with Gasteiger partial charge in [0.15, 0.2) is 0 Å². The van der Waals surface area contributed by atoms with E-state index in [9.17, 15) is 0 Å². The summed E-state index contributed by atoms with van der Waals surface area (Å²) in [5.41, 5.74) is 2.23. The number of aromatic nitrogens is 2. The fraction of sp³-hybridized carbons (Fsp3) is 0.812. The molecule has 0 amide bonds. The topological polar surface area (TPSA) is 33.1 Å². The molecule has 4 nitrogen and oxygen atoms in total. The zero-order valence-corrected chi connectivity index (χ0v) is 14.7. The molecule has 0 aliphatic carbocycles. The van der Waals surface area contributed by atoms with E-state index in [1.807, 2.05) is 14.0 Å². The Morgan fingerprint density at radius 2 is 2.14 bits per heavy atom. The Labute approximate surface area is 133 Å². The first-order chi connectivity index (χ1) is 9.88. The second-order valence-corrected chi connectivity index (χ2v) is 7.18. The molecule has 0 spiro atoms. The van der Waals surface area contributed by atoms with E-state index in [0.717, 1.165) is 36.4 Å². The lowest BCUT2D eigenvalue weighted by atomic mass is 10.0. The molecule has 1 aliphatic rings.